The van der Waals surface area contributed by atoms with Crippen molar-refractivity contribution in [2.45, 2.75) is 19.4 Å². The van der Waals surface area contributed by atoms with E-state index in [0.29, 0.717) is 6.54 Å². The highest BCUT2D eigenvalue weighted by atomic mass is 16.4. The molecule has 17 heavy (non-hydrogen) atoms. The first-order valence-corrected chi connectivity index (χ1v) is 5.44. The molecule has 0 aliphatic heterocycles. The Labute approximate surface area is 99.5 Å². The van der Waals surface area contributed by atoms with Crippen LogP contribution in [0.1, 0.15) is 17.0 Å². The molecule has 1 atom stereocenters. The third kappa shape index (κ3) is 2.53. The average molecular weight is 230 g/mol. The Kier molecular flexibility index (Phi) is 3.23. The first kappa shape index (κ1) is 11.4. The second kappa shape index (κ2) is 4.82. The Morgan fingerprint density at radius 1 is 1.41 bits per heavy atom. The Morgan fingerprint density at radius 3 is 2.76 bits per heavy atom. The van der Waals surface area contributed by atoms with Gasteiger partial charge in [0.15, 0.2) is 0 Å². The number of nitrogens with zero attached hydrogens (tertiary/aromatic N) is 2. The number of aryl methyl sites for hydroxylation is 1. The third-order valence-electron chi connectivity index (χ3n) is 2.79. The zero-order valence-corrected chi connectivity index (χ0v) is 9.58. The highest BCUT2D eigenvalue weighted by molar-refractivity contribution is 5.76. The molecule has 0 aliphatic rings. The van der Waals surface area contributed by atoms with E-state index in [1.165, 1.54) is 0 Å². The van der Waals surface area contributed by atoms with Crippen LogP contribution in [0.2, 0.25) is 0 Å². The fourth-order valence-electron chi connectivity index (χ4n) is 1.88. The van der Waals surface area contributed by atoms with Gasteiger partial charge in [-0.15, -0.1) is 0 Å². The van der Waals surface area contributed by atoms with Crippen molar-refractivity contribution in [2.24, 2.45) is 0 Å². The van der Waals surface area contributed by atoms with Crippen molar-refractivity contribution in [3.05, 3.63) is 53.9 Å². The second-order valence-electron chi connectivity index (χ2n) is 3.98. The number of carboxylic acids is 1. The Balaban J connectivity index is 2.30. The Bertz CT molecular complexity index is 506. The molecule has 88 valence electrons. The predicted octanol–water partition coefficient (Wildman–Crippen LogP) is 2.06. The summed E-state index contributed by atoms with van der Waals surface area (Å²) in [5.74, 6) is -1.38. The number of hydrogen-bond acceptors (Lipinski definition) is 2. The van der Waals surface area contributed by atoms with Gasteiger partial charge in [-0.3, -0.25) is 9.48 Å². The zero-order valence-electron chi connectivity index (χ0n) is 9.58. The molecule has 1 unspecified atom stereocenters. The lowest BCUT2D eigenvalue weighted by molar-refractivity contribution is -0.139. The summed E-state index contributed by atoms with van der Waals surface area (Å²) in [5, 5.41) is 13.4. The van der Waals surface area contributed by atoms with Crippen molar-refractivity contribution in [3.63, 3.8) is 0 Å². The van der Waals surface area contributed by atoms with Crippen LogP contribution in [0.4, 0.5) is 0 Å². The van der Waals surface area contributed by atoms with Crippen LogP contribution in [0.25, 0.3) is 0 Å². The lowest BCUT2D eigenvalue weighted by Gasteiger charge is -2.15. The molecule has 0 fully saturated rings. The molecular weight excluding hydrogens is 216 g/mol. The molecule has 1 heterocycles. The van der Waals surface area contributed by atoms with E-state index in [1.54, 1.807) is 23.1 Å². The van der Waals surface area contributed by atoms with Crippen LogP contribution in [0.5, 0.6) is 0 Å². The van der Waals surface area contributed by atoms with Crippen molar-refractivity contribution in [2.75, 3.05) is 0 Å². The lowest BCUT2D eigenvalue weighted by Crippen LogP contribution is -2.19. The smallest absolute Gasteiger partial charge is 0.312 e. The van der Waals surface area contributed by atoms with Crippen molar-refractivity contribution < 1.29 is 9.90 Å². The van der Waals surface area contributed by atoms with Crippen molar-refractivity contribution in [1.29, 1.82) is 0 Å². The maximum atomic E-state index is 11.3. The van der Waals surface area contributed by atoms with E-state index >= 15 is 0 Å². The van der Waals surface area contributed by atoms with Crippen LogP contribution < -0.4 is 0 Å². The van der Waals surface area contributed by atoms with Crippen molar-refractivity contribution in [3.8, 4) is 0 Å². The second-order valence-corrected chi connectivity index (χ2v) is 3.98. The number of carboxylic acid groups (broad SMARTS) is 1. The molecule has 0 aliphatic carbocycles. The van der Waals surface area contributed by atoms with E-state index in [-0.39, 0.29) is 0 Å². The van der Waals surface area contributed by atoms with Gasteiger partial charge in [0.1, 0.15) is 5.92 Å². The maximum Gasteiger partial charge on any atom is 0.312 e. The molecule has 2 rings (SSSR count). The topological polar surface area (TPSA) is 55.1 Å². The van der Waals surface area contributed by atoms with Crippen LogP contribution in [0, 0.1) is 6.92 Å². The molecule has 4 heteroatoms. The van der Waals surface area contributed by atoms with Gasteiger partial charge in [-0.1, -0.05) is 24.3 Å². The summed E-state index contributed by atoms with van der Waals surface area (Å²) >= 11 is 0. The van der Waals surface area contributed by atoms with Crippen molar-refractivity contribution in [1.82, 2.24) is 9.78 Å². The summed E-state index contributed by atoms with van der Waals surface area (Å²) in [7, 11) is 0. The van der Waals surface area contributed by atoms with Gasteiger partial charge >= 0.3 is 5.97 Å². The minimum atomic E-state index is -0.824. The molecule has 0 radical (unpaired) electrons. The Hall–Kier alpha value is -2.10. The summed E-state index contributed by atoms with van der Waals surface area (Å²) < 4.78 is 1.64. The van der Waals surface area contributed by atoms with E-state index < -0.39 is 11.9 Å². The van der Waals surface area contributed by atoms with Gasteiger partial charge in [-0.05, 0) is 24.1 Å². The van der Waals surface area contributed by atoms with Gasteiger partial charge < -0.3 is 5.11 Å². The van der Waals surface area contributed by atoms with Gasteiger partial charge in [-0.2, -0.15) is 5.10 Å². The van der Waals surface area contributed by atoms with Crippen LogP contribution >= 0.6 is 0 Å². The minimum Gasteiger partial charge on any atom is -0.481 e. The van der Waals surface area contributed by atoms with E-state index in [4.69, 9.17) is 0 Å². The Morgan fingerprint density at radius 2 is 2.18 bits per heavy atom. The number of carbonyl (C=O) groups is 1. The summed E-state index contributed by atoms with van der Waals surface area (Å²) in [6.45, 7) is 2.28. The van der Waals surface area contributed by atoms with Gasteiger partial charge in [-0.25, -0.2) is 0 Å². The van der Waals surface area contributed by atoms with E-state index in [0.717, 1.165) is 11.1 Å². The largest absolute Gasteiger partial charge is 0.481 e. The van der Waals surface area contributed by atoms with Crippen molar-refractivity contribution >= 4 is 5.97 Å². The highest BCUT2D eigenvalue weighted by Gasteiger charge is 2.21. The molecule has 0 bridgehead atoms. The molecule has 4 nitrogen and oxygen atoms in total. The number of rotatable bonds is 4. The number of aromatic nitrogens is 2. The monoisotopic (exact) mass is 230 g/mol. The molecule has 0 spiro atoms. The van der Waals surface area contributed by atoms with Crippen LogP contribution in [-0.2, 0) is 11.3 Å². The summed E-state index contributed by atoms with van der Waals surface area (Å²) in [4.78, 5) is 11.3. The summed E-state index contributed by atoms with van der Waals surface area (Å²) in [5.41, 5.74) is 1.84. The fourth-order valence-corrected chi connectivity index (χ4v) is 1.88. The van der Waals surface area contributed by atoms with E-state index in [2.05, 4.69) is 5.10 Å². The van der Waals surface area contributed by atoms with Gasteiger partial charge in [0.05, 0.1) is 6.54 Å². The lowest BCUT2D eigenvalue weighted by atomic mass is 9.95. The molecule has 0 saturated heterocycles. The molecule has 0 saturated carbocycles. The number of benzene rings is 1. The molecular formula is C13H14N2O2. The summed E-state index contributed by atoms with van der Waals surface area (Å²) in [6, 6.07) is 9.34. The number of aliphatic carboxylic acids is 1. The highest BCUT2D eigenvalue weighted by Crippen LogP contribution is 2.21. The maximum absolute atomic E-state index is 11.3. The zero-order chi connectivity index (χ0) is 12.3. The normalized spacial score (nSPS) is 12.3. The van der Waals surface area contributed by atoms with E-state index in [9.17, 15) is 9.90 Å². The molecule has 1 N–H and O–H groups in total. The van der Waals surface area contributed by atoms with E-state index in [1.807, 2.05) is 31.2 Å². The first-order chi connectivity index (χ1) is 8.18. The SMILES string of the molecule is Cc1ccccc1C(Cn1cccn1)C(=O)O. The molecule has 2 aromatic rings. The average Bonchev–Trinajstić information content (AvgIpc) is 2.79. The van der Waals surface area contributed by atoms with Crippen LogP contribution in [0.3, 0.4) is 0 Å². The molecule has 1 aromatic carbocycles. The fraction of sp³-hybridized carbons (Fsp3) is 0.231. The predicted molar refractivity (Wildman–Crippen MR) is 63.8 cm³/mol. The van der Waals surface area contributed by atoms with Crippen LogP contribution in [-0.4, -0.2) is 20.9 Å². The first-order valence-electron chi connectivity index (χ1n) is 5.44. The molecule has 0 amide bonds. The third-order valence-corrected chi connectivity index (χ3v) is 2.79. The number of hydrogen-bond donors (Lipinski definition) is 1. The molecule has 1 aromatic heterocycles. The standard InChI is InChI=1S/C13H14N2O2/c1-10-5-2-3-6-11(10)12(13(16)17)9-15-8-4-7-14-15/h2-8,12H,9H2,1H3,(H,16,17). The van der Waals surface area contributed by atoms with Gasteiger partial charge in [0, 0.05) is 12.4 Å². The summed E-state index contributed by atoms with van der Waals surface area (Å²) in [6.07, 6.45) is 3.42. The van der Waals surface area contributed by atoms with Gasteiger partial charge in [0.2, 0.25) is 0 Å². The van der Waals surface area contributed by atoms with Gasteiger partial charge in [0.25, 0.3) is 0 Å². The van der Waals surface area contributed by atoms with Crippen LogP contribution in [0.15, 0.2) is 42.7 Å². The quantitative estimate of drug-likeness (QED) is 0.874. The minimum absolute atomic E-state index is 0.354.